The third-order valence-electron chi connectivity index (χ3n) is 2.65. The van der Waals surface area contributed by atoms with E-state index < -0.39 is 0 Å². The first-order valence-electron chi connectivity index (χ1n) is 5.34. The number of hydrogen-bond acceptors (Lipinski definition) is 2. The number of amidine groups is 1. The van der Waals surface area contributed by atoms with E-state index in [4.69, 9.17) is 11.6 Å². The summed E-state index contributed by atoms with van der Waals surface area (Å²) in [5.41, 5.74) is 2.65. The first-order valence-corrected chi connectivity index (χ1v) is 5.72. The van der Waals surface area contributed by atoms with Gasteiger partial charge in [-0.2, -0.15) is 0 Å². The van der Waals surface area contributed by atoms with Gasteiger partial charge in [0.1, 0.15) is 5.84 Å². The number of hydrogen-bond donors (Lipinski definition) is 1. The van der Waals surface area contributed by atoms with Crippen molar-refractivity contribution in [3.8, 4) is 0 Å². The van der Waals surface area contributed by atoms with Crippen molar-refractivity contribution in [1.29, 1.82) is 0 Å². The molecule has 0 aromatic heterocycles. The summed E-state index contributed by atoms with van der Waals surface area (Å²) in [6.07, 6.45) is 1.92. The standard InChI is InChI=1S/C12H15ClN2/c1-2-9-7-11(13)4-3-10(9)8-12-14-5-6-15-12/h3-4,7H,2,5-6,8H2,1H3,(H,14,15). The minimum Gasteiger partial charge on any atom is -0.372 e. The van der Waals surface area contributed by atoms with Crippen LogP contribution in [0.2, 0.25) is 5.02 Å². The summed E-state index contributed by atoms with van der Waals surface area (Å²) < 4.78 is 0. The number of halogens is 1. The fraction of sp³-hybridized carbons (Fsp3) is 0.417. The summed E-state index contributed by atoms with van der Waals surface area (Å²) in [5.74, 6) is 1.10. The van der Waals surface area contributed by atoms with Crippen molar-refractivity contribution in [3.05, 3.63) is 34.3 Å². The topological polar surface area (TPSA) is 24.4 Å². The van der Waals surface area contributed by atoms with Gasteiger partial charge in [0.15, 0.2) is 0 Å². The van der Waals surface area contributed by atoms with E-state index in [9.17, 15) is 0 Å². The highest BCUT2D eigenvalue weighted by Crippen LogP contribution is 2.17. The third kappa shape index (κ3) is 2.51. The molecule has 2 nitrogen and oxygen atoms in total. The minimum absolute atomic E-state index is 0.817. The van der Waals surface area contributed by atoms with E-state index in [0.29, 0.717) is 0 Å². The number of benzene rings is 1. The second-order valence-electron chi connectivity index (χ2n) is 3.70. The van der Waals surface area contributed by atoms with Gasteiger partial charge in [-0.1, -0.05) is 24.6 Å². The maximum Gasteiger partial charge on any atom is 0.101 e. The largest absolute Gasteiger partial charge is 0.372 e. The molecule has 0 amide bonds. The lowest BCUT2D eigenvalue weighted by Crippen LogP contribution is -2.21. The van der Waals surface area contributed by atoms with Gasteiger partial charge >= 0.3 is 0 Å². The van der Waals surface area contributed by atoms with E-state index in [-0.39, 0.29) is 0 Å². The van der Waals surface area contributed by atoms with E-state index in [2.05, 4.69) is 23.3 Å². The Balaban J connectivity index is 2.19. The Morgan fingerprint density at radius 1 is 1.40 bits per heavy atom. The number of nitrogens with zero attached hydrogens (tertiary/aromatic N) is 1. The van der Waals surface area contributed by atoms with Crippen LogP contribution in [0.25, 0.3) is 0 Å². The molecule has 0 saturated heterocycles. The summed E-state index contributed by atoms with van der Waals surface area (Å²) in [6, 6.07) is 6.10. The lowest BCUT2D eigenvalue weighted by molar-refractivity contribution is 0.951. The fourth-order valence-corrected chi connectivity index (χ4v) is 2.04. The molecule has 0 radical (unpaired) electrons. The molecule has 1 aromatic carbocycles. The first-order chi connectivity index (χ1) is 7.29. The van der Waals surface area contributed by atoms with Gasteiger partial charge in [-0.3, -0.25) is 4.99 Å². The SMILES string of the molecule is CCc1cc(Cl)ccc1CC1=NCCN1. The van der Waals surface area contributed by atoms with E-state index in [1.165, 1.54) is 11.1 Å². The Bertz CT molecular complexity index is 385. The number of rotatable bonds is 3. The predicted molar refractivity (Wildman–Crippen MR) is 64.8 cm³/mol. The number of aryl methyl sites for hydroxylation is 1. The minimum atomic E-state index is 0.817. The van der Waals surface area contributed by atoms with Crippen LogP contribution >= 0.6 is 11.6 Å². The molecule has 0 aliphatic carbocycles. The van der Waals surface area contributed by atoms with E-state index in [0.717, 1.165) is 36.8 Å². The highest BCUT2D eigenvalue weighted by atomic mass is 35.5. The van der Waals surface area contributed by atoms with Crippen LogP contribution in [0, 0.1) is 0 Å². The molecule has 1 heterocycles. The third-order valence-corrected chi connectivity index (χ3v) is 2.89. The van der Waals surface area contributed by atoms with Crippen molar-refractivity contribution in [2.45, 2.75) is 19.8 Å². The molecule has 0 saturated carbocycles. The Kier molecular flexibility index (Phi) is 3.27. The molecule has 0 spiro atoms. The van der Waals surface area contributed by atoms with Crippen LogP contribution in [0.4, 0.5) is 0 Å². The Morgan fingerprint density at radius 3 is 2.93 bits per heavy atom. The van der Waals surface area contributed by atoms with Crippen LogP contribution in [0.3, 0.4) is 0 Å². The van der Waals surface area contributed by atoms with Crippen molar-refractivity contribution < 1.29 is 0 Å². The van der Waals surface area contributed by atoms with Crippen molar-refractivity contribution in [1.82, 2.24) is 5.32 Å². The summed E-state index contributed by atoms with van der Waals surface area (Å²) in [7, 11) is 0. The van der Waals surface area contributed by atoms with Crippen LogP contribution in [0.15, 0.2) is 23.2 Å². The van der Waals surface area contributed by atoms with E-state index in [1.807, 2.05) is 12.1 Å². The molecule has 0 atom stereocenters. The van der Waals surface area contributed by atoms with Gasteiger partial charge in [0.05, 0.1) is 6.54 Å². The maximum atomic E-state index is 5.97. The lowest BCUT2D eigenvalue weighted by Gasteiger charge is -2.08. The smallest absolute Gasteiger partial charge is 0.101 e. The second kappa shape index (κ2) is 4.67. The fourth-order valence-electron chi connectivity index (χ4n) is 1.84. The molecule has 1 N–H and O–H groups in total. The Hall–Kier alpha value is -1.02. The average molecular weight is 223 g/mol. The lowest BCUT2D eigenvalue weighted by atomic mass is 10.0. The van der Waals surface area contributed by atoms with Crippen LogP contribution in [0.5, 0.6) is 0 Å². The summed E-state index contributed by atoms with van der Waals surface area (Å²) in [5, 5.41) is 4.10. The monoisotopic (exact) mass is 222 g/mol. The summed E-state index contributed by atoms with van der Waals surface area (Å²) in [4.78, 5) is 4.40. The molecule has 80 valence electrons. The van der Waals surface area contributed by atoms with E-state index in [1.54, 1.807) is 0 Å². The molecular weight excluding hydrogens is 208 g/mol. The quantitative estimate of drug-likeness (QED) is 0.835. The Morgan fingerprint density at radius 2 is 2.27 bits per heavy atom. The van der Waals surface area contributed by atoms with E-state index >= 15 is 0 Å². The average Bonchev–Trinajstić information content (AvgIpc) is 2.73. The van der Waals surface area contributed by atoms with Gasteiger partial charge < -0.3 is 5.32 Å². The summed E-state index contributed by atoms with van der Waals surface area (Å²) >= 11 is 5.97. The predicted octanol–water partition coefficient (Wildman–Crippen LogP) is 2.45. The van der Waals surface area contributed by atoms with Crippen molar-refractivity contribution in [2.75, 3.05) is 13.1 Å². The van der Waals surface area contributed by atoms with Crippen LogP contribution in [0.1, 0.15) is 18.1 Å². The molecule has 1 aliphatic rings. The van der Waals surface area contributed by atoms with Gasteiger partial charge in [-0.25, -0.2) is 0 Å². The van der Waals surface area contributed by atoms with Gasteiger partial charge in [-0.15, -0.1) is 0 Å². The normalized spacial score (nSPS) is 14.9. The maximum absolute atomic E-state index is 5.97. The second-order valence-corrected chi connectivity index (χ2v) is 4.13. The van der Waals surface area contributed by atoms with Gasteiger partial charge in [0.2, 0.25) is 0 Å². The number of nitrogens with one attached hydrogen (secondary N) is 1. The Labute approximate surface area is 95.4 Å². The van der Waals surface area contributed by atoms with Crippen LogP contribution in [-0.4, -0.2) is 18.9 Å². The molecule has 15 heavy (non-hydrogen) atoms. The molecular formula is C12H15ClN2. The van der Waals surface area contributed by atoms with Crippen molar-refractivity contribution in [2.24, 2.45) is 4.99 Å². The van der Waals surface area contributed by atoms with Gasteiger partial charge in [0, 0.05) is 18.0 Å². The van der Waals surface area contributed by atoms with Crippen LogP contribution in [-0.2, 0) is 12.8 Å². The van der Waals surface area contributed by atoms with Gasteiger partial charge in [-0.05, 0) is 29.7 Å². The zero-order chi connectivity index (χ0) is 10.7. The first kappa shape index (κ1) is 10.5. The summed E-state index contributed by atoms with van der Waals surface area (Å²) in [6.45, 7) is 4.04. The van der Waals surface area contributed by atoms with Crippen molar-refractivity contribution in [3.63, 3.8) is 0 Å². The molecule has 2 rings (SSSR count). The molecule has 1 aromatic rings. The zero-order valence-electron chi connectivity index (χ0n) is 8.89. The van der Waals surface area contributed by atoms with Crippen molar-refractivity contribution >= 4 is 17.4 Å². The number of aliphatic imine (C=N–C) groups is 1. The molecule has 0 unspecified atom stereocenters. The molecule has 0 fully saturated rings. The van der Waals surface area contributed by atoms with Crippen LogP contribution < -0.4 is 5.32 Å². The molecule has 1 aliphatic heterocycles. The molecule has 0 bridgehead atoms. The highest BCUT2D eigenvalue weighted by molar-refractivity contribution is 6.30. The zero-order valence-corrected chi connectivity index (χ0v) is 9.64. The van der Waals surface area contributed by atoms with Gasteiger partial charge in [0.25, 0.3) is 0 Å². The highest BCUT2D eigenvalue weighted by Gasteiger charge is 2.08. The molecule has 3 heteroatoms.